The van der Waals surface area contributed by atoms with Crippen LogP contribution in [-0.2, 0) is 12.3 Å². The fourth-order valence-corrected chi connectivity index (χ4v) is 2.83. The number of hydrogen-bond acceptors (Lipinski definition) is 4. The van der Waals surface area contributed by atoms with E-state index in [9.17, 15) is 0 Å². The van der Waals surface area contributed by atoms with Gasteiger partial charge in [-0.25, -0.2) is 0 Å². The molecular weight excluding hydrogens is 250 g/mol. The number of hydrogen-bond donors (Lipinski definition) is 1. The van der Waals surface area contributed by atoms with E-state index in [-0.39, 0.29) is 0 Å². The Morgan fingerprint density at radius 3 is 2.88 bits per heavy atom. The molecule has 92 valence electrons. The molecular formula is C13H17NOS2. The summed E-state index contributed by atoms with van der Waals surface area (Å²) in [6, 6.07) is 8.73. The molecule has 0 radical (unpaired) electrons. The molecule has 0 aromatic carbocycles. The van der Waals surface area contributed by atoms with Crippen molar-refractivity contribution >= 4 is 23.1 Å². The van der Waals surface area contributed by atoms with E-state index < -0.39 is 0 Å². The largest absolute Gasteiger partial charge is 0.464 e. The summed E-state index contributed by atoms with van der Waals surface area (Å²) < 4.78 is 5.71. The molecule has 1 N–H and O–H groups in total. The number of furan rings is 1. The standard InChI is InChI=1S/C13H17NOS2/c1-10(13-4-3-7-17-13)14-8-11-5-6-12(15-11)9-16-2/h3-7,10,14H,8-9H2,1-2H3. The maximum Gasteiger partial charge on any atom is 0.118 e. The van der Waals surface area contributed by atoms with Gasteiger partial charge in [-0.2, -0.15) is 11.8 Å². The molecule has 1 unspecified atom stereocenters. The Morgan fingerprint density at radius 2 is 2.18 bits per heavy atom. The third-order valence-corrected chi connectivity index (χ3v) is 4.18. The van der Waals surface area contributed by atoms with Crippen LogP contribution >= 0.6 is 23.1 Å². The van der Waals surface area contributed by atoms with Gasteiger partial charge in [0.25, 0.3) is 0 Å². The number of thioether (sulfide) groups is 1. The van der Waals surface area contributed by atoms with Crippen LogP contribution in [0.3, 0.4) is 0 Å². The summed E-state index contributed by atoms with van der Waals surface area (Å²) in [5, 5.41) is 5.57. The monoisotopic (exact) mass is 267 g/mol. The summed E-state index contributed by atoms with van der Waals surface area (Å²) in [5.41, 5.74) is 0. The van der Waals surface area contributed by atoms with Crippen LogP contribution in [0, 0.1) is 0 Å². The lowest BCUT2D eigenvalue weighted by Gasteiger charge is -2.10. The van der Waals surface area contributed by atoms with Crippen molar-refractivity contribution in [1.29, 1.82) is 0 Å². The van der Waals surface area contributed by atoms with Crippen LogP contribution in [0.5, 0.6) is 0 Å². The molecule has 2 aromatic heterocycles. The predicted octanol–water partition coefficient (Wildman–Crippen LogP) is 4.05. The molecule has 0 saturated heterocycles. The predicted molar refractivity (Wildman–Crippen MR) is 75.5 cm³/mol. The lowest BCUT2D eigenvalue weighted by atomic mass is 10.2. The molecule has 4 heteroatoms. The quantitative estimate of drug-likeness (QED) is 0.854. The summed E-state index contributed by atoms with van der Waals surface area (Å²) in [6.45, 7) is 2.96. The maximum absolute atomic E-state index is 5.71. The third kappa shape index (κ3) is 3.63. The molecule has 0 spiro atoms. The molecule has 2 aromatic rings. The van der Waals surface area contributed by atoms with Crippen molar-refractivity contribution in [2.75, 3.05) is 6.26 Å². The van der Waals surface area contributed by atoms with Crippen LogP contribution in [0.4, 0.5) is 0 Å². The van der Waals surface area contributed by atoms with E-state index >= 15 is 0 Å². The van der Waals surface area contributed by atoms with E-state index in [4.69, 9.17) is 4.42 Å². The molecule has 0 saturated carbocycles. The van der Waals surface area contributed by atoms with E-state index in [1.165, 1.54) is 4.88 Å². The van der Waals surface area contributed by atoms with Crippen molar-refractivity contribution < 1.29 is 4.42 Å². The average Bonchev–Trinajstić information content (AvgIpc) is 2.97. The Labute approximate surface area is 110 Å². The summed E-state index contributed by atoms with van der Waals surface area (Å²) >= 11 is 3.56. The highest BCUT2D eigenvalue weighted by molar-refractivity contribution is 7.97. The maximum atomic E-state index is 5.71. The fourth-order valence-electron chi connectivity index (χ4n) is 1.63. The Hall–Kier alpha value is -0.710. The van der Waals surface area contributed by atoms with Gasteiger partial charge in [0.15, 0.2) is 0 Å². The second-order valence-corrected chi connectivity index (χ2v) is 5.76. The first-order valence-electron chi connectivity index (χ1n) is 5.63. The van der Waals surface area contributed by atoms with Gasteiger partial charge in [-0.3, -0.25) is 0 Å². The molecule has 2 rings (SSSR count). The van der Waals surface area contributed by atoms with Crippen molar-refractivity contribution in [2.24, 2.45) is 0 Å². The molecule has 2 heterocycles. The lowest BCUT2D eigenvalue weighted by Crippen LogP contribution is -2.16. The summed E-state index contributed by atoms with van der Waals surface area (Å²) in [4.78, 5) is 1.36. The molecule has 0 aliphatic heterocycles. The van der Waals surface area contributed by atoms with Gasteiger partial charge in [0.05, 0.1) is 12.3 Å². The topological polar surface area (TPSA) is 25.2 Å². The van der Waals surface area contributed by atoms with Crippen LogP contribution in [0.25, 0.3) is 0 Å². The van der Waals surface area contributed by atoms with Crippen molar-refractivity contribution in [3.8, 4) is 0 Å². The summed E-state index contributed by atoms with van der Waals surface area (Å²) in [5.74, 6) is 3.01. The average molecular weight is 267 g/mol. The van der Waals surface area contributed by atoms with Crippen LogP contribution in [0.2, 0.25) is 0 Å². The van der Waals surface area contributed by atoms with Crippen molar-refractivity contribution in [2.45, 2.75) is 25.3 Å². The van der Waals surface area contributed by atoms with Gasteiger partial charge >= 0.3 is 0 Å². The fraction of sp³-hybridized carbons (Fsp3) is 0.385. The van der Waals surface area contributed by atoms with E-state index in [0.717, 1.165) is 23.8 Å². The van der Waals surface area contributed by atoms with Crippen molar-refractivity contribution in [3.63, 3.8) is 0 Å². The molecule has 0 amide bonds. The summed E-state index contributed by atoms with van der Waals surface area (Å²) in [6.07, 6.45) is 2.08. The van der Waals surface area contributed by atoms with Crippen molar-refractivity contribution in [3.05, 3.63) is 46.0 Å². The lowest BCUT2D eigenvalue weighted by molar-refractivity contribution is 0.444. The minimum absolute atomic E-state index is 0.379. The van der Waals surface area contributed by atoms with Gasteiger partial charge in [-0.15, -0.1) is 11.3 Å². The van der Waals surface area contributed by atoms with E-state index in [0.29, 0.717) is 6.04 Å². The Balaban J connectivity index is 1.84. The zero-order valence-electron chi connectivity index (χ0n) is 10.1. The highest BCUT2D eigenvalue weighted by Gasteiger charge is 2.07. The second-order valence-electron chi connectivity index (χ2n) is 3.92. The van der Waals surface area contributed by atoms with Gasteiger partial charge in [-0.1, -0.05) is 6.07 Å². The Kier molecular flexibility index (Phi) is 4.71. The minimum Gasteiger partial charge on any atom is -0.464 e. The van der Waals surface area contributed by atoms with Gasteiger partial charge in [-0.05, 0) is 36.8 Å². The first kappa shape index (κ1) is 12.7. The van der Waals surface area contributed by atoms with Crippen LogP contribution in [0.15, 0.2) is 34.1 Å². The van der Waals surface area contributed by atoms with E-state index in [1.807, 2.05) is 0 Å². The minimum atomic E-state index is 0.379. The van der Waals surface area contributed by atoms with Crippen LogP contribution in [0.1, 0.15) is 29.4 Å². The third-order valence-electron chi connectivity index (χ3n) is 2.56. The first-order valence-corrected chi connectivity index (χ1v) is 7.90. The number of thiophene rings is 1. The normalized spacial score (nSPS) is 12.8. The molecule has 17 heavy (non-hydrogen) atoms. The van der Waals surface area contributed by atoms with E-state index in [1.54, 1.807) is 23.1 Å². The van der Waals surface area contributed by atoms with Gasteiger partial charge < -0.3 is 9.73 Å². The number of nitrogens with one attached hydrogen (secondary N) is 1. The van der Waals surface area contributed by atoms with Gasteiger partial charge in [0.2, 0.25) is 0 Å². The molecule has 1 atom stereocenters. The number of rotatable bonds is 6. The molecule has 0 bridgehead atoms. The highest BCUT2D eigenvalue weighted by atomic mass is 32.2. The van der Waals surface area contributed by atoms with Crippen molar-refractivity contribution in [1.82, 2.24) is 5.32 Å². The zero-order valence-corrected chi connectivity index (χ0v) is 11.7. The Morgan fingerprint density at radius 1 is 1.35 bits per heavy atom. The highest BCUT2D eigenvalue weighted by Crippen LogP contribution is 2.19. The first-order chi connectivity index (χ1) is 8.29. The van der Waals surface area contributed by atoms with Crippen LogP contribution in [-0.4, -0.2) is 6.26 Å². The summed E-state index contributed by atoms with van der Waals surface area (Å²) in [7, 11) is 0. The van der Waals surface area contributed by atoms with Gasteiger partial charge in [0.1, 0.15) is 11.5 Å². The van der Waals surface area contributed by atoms with Crippen LogP contribution < -0.4 is 5.32 Å². The van der Waals surface area contributed by atoms with Gasteiger partial charge in [0, 0.05) is 10.9 Å². The SMILES string of the molecule is CSCc1ccc(CNC(C)c2cccs2)o1. The Bertz CT molecular complexity index is 436. The molecule has 2 nitrogen and oxygen atoms in total. The molecule has 0 aliphatic carbocycles. The second kappa shape index (κ2) is 6.28. The smallest absolute Gasteiger partial charge is 0.118 e. The molecule has 0 fully saturated rings. The zero-order chi connectivity index (χ0) is 12.1. The van der Waals surface area contributed by atoms with E-state index in [2.05, 4.69) is 48.1 Å². The molecule has 0 aliphatic rings.